The molecule has 0 radical (unpaired) electrons. The number of H-pyrrole nitrogens is 1. The second kappa shape index (κ2) is 6.74. The van der Waals surface area contributed by atoms with Gasteiger partial charge in [-0.05, 0) is 24.6 Å². The number of carbonyl (C=O) groups excluding carboxylic acids is 1. The quantitative estimate of drug-likeness (QED) is 0.539. The zero-order chi connectivity index (χ0) is 15.2. The topological polar surface area (TPSA) is 99.9 Å². The van der Waals surface area contributed by atoms with E-state index in [1.54, 1.807) is 12.1 Å². The number of hydrogen-bond donors (Lipinski definition) is 3. The van der Waals surface area contributed by atoms with Gasteiger partial charge in [-0.2, -0.15) is 5.10 Å². The van der Waals surface area contributed by atoms with Crippen molar-refractivity contribution in [1.29, 1.82) is 0 Å². The fourth-order valence-corrected chi connectivity index (χ4v) is 2.03. The molecule has 4 N–H and O–H groups in total. The van der Waals surface area contributed by atoms with Crippen LogP contribution in [-0.2, 0) is 6.42 Å². The molecule has 112 valence electrons. The molecular formula is C14H20N6O. The van der Waals surface area contributed by atoms with Gasteiger partial charge < -0.3 is 16.0 Å². The molecule has 0 saturated heterocycles. The summed E-state index contributed by atoms with van der Waals surface area (Å²) in [4.78, 5) is 18.2. The summed E-state index contributed by atoms with van der Waals surface area (Å²) in [7, 11) is 3.79. The molecule has 2 rings (SSSR count). The average molecular weight is 288 g/mol. The van der Waals surface area contributed by atoms with E-state index >= 15 is 0 Å². The second-order valence-corrected chi connectivity index (χ2v) is 4.96. The van der Waals surface area contributed by atoms with Gasteiger partial charge in [-0.15, -0.1) is 0 Å². The molecule has 7 nitrogen and oxygen atoms in total. The Morgan fingerprint density at radius 1 is 1.43 bits per heavy atom. The minimum absolute atomic E-state index is 0.122. The monoisotopic (exact) mass is 288 g/mol. The van der Waals surface area contributed by atoms with Crippen molar-refractivity contribution < 1.29 is 4.79 Å². The van der Waals surface area contributed by atoms with Gasteiger partial charge in [-0.25, -0.2) is 4.98 Å². The first-order valence-corrected chi connectivity index (χ1v) is 6.77. The lowest BCUT2D eigenvalue weighted by Crippen LogP contribution is -2.27. The van der Waals surface area contributed by atoms with Crippen molar-refractivity contribution in [2.45, 2.75) is 12.8 Å². The lowest BCUT2D eigenvalue weighted by molar-refractivity contribution is 0.0953. The highest BCUT2D eigenvalue weighted by Crippen LogP contribution is 2.21. The molecule has 1 aromatic heterocycles. The molecule has 1 heterocycles. The Morgan fingerprint density at radius 2 is 2.24 bits per heavy atom. The van der Waals surface area contributed by atoms with Crippen molar-refractivity contribution in [2.24, 2.45) is 0 Å². The van der Waals surface area contributed by atoms with Crippen molar-refractivity contribution in [3.05, 3.63) is 35.9 Å². The van der Waals surface area contributed by atoms with E-state index in [1.807, 2.05) is 25.1 Å². The van der Waals surface area contributed by atoms with Crippen LogP contribution in [0.5, 0.6) is 0 Å². The van der Waals surface area contributed by atoms with Gasteiger partial charge in [0.15, 0.2) is 0 Å². The highest BCUT2D eigenvalue weighted by Gasteiger charge is 2.12. The largest absolute Gasteiger partial charge is 0.399 e. The molecule has 0 bridgehead atoms. The number of nitrogen functional groups attached to an aromatic ring is 1. The number of hydrogen-bond acceptors (Lipinski definition) is 5. The Hall–Kier alpha value is -2.57. The lowest BCUT2D eigenvalue weighted by atomic mass is 10.1. The molecule has 1 aromatic carbocycles. The number of anilines is 2. The van der Waals surface area contributed by atoms with Crippen molar-refractivity contribution >= 4 is 17.3 Å². The third-order valence-corrected chi connectivity index (χ3v) is 3.09. The average Bonchev–Trinajstić information content (AvgIpc) is 2.96. The molecule has 21 heavy (non-hydrogen) atoms. The van der Waals surface area contributed by atoms with Crippen molar-refractivity contribution in [3.63, 3.8) is 0 Å². The highest BCUT2D eigenvalue weighted by atomic mass is 16.1. The van der Waals surface area contributed by atoms with Crippen molar-refractivity contribution in [3.8, 4) is 0 Å². The Morgan fingerprint density at radius 3 is 2.90 bits per heavy atom. The molecule has 0 aliphatic heterocycles. The third kappa shape index (κ3) is 3.95. The van der Waals surface area contributed by atoms with Crippen molar-refractivity contribution in [2.75, 3.05) is 31.3 Å². The van der Waals surface area contributed by atoms with Gasteiger partial charge in [0.05, 0.1) is 5.56 Å². The SMILES string of the molecule is CN(C)c1ccc(N)cc1C(=O)NCCCc1ncn[nH]1. The summed E-state index contributed by atoms with van der Waals surface area (Å²) < 4.78 is 0. The Kier molecular flexibility index (Phi) is 4.76. The molecule has 0 aliphatic carbocycles. The number of aryl methyl sites for hydroxylation is 1. The molecule has 0 aliphatic rings. The summed E-state index contributed by atoms with van der Waals surface area (Å²) in [6, 6.07) is 5.33. The zero-order valence-corrected chi connectivity index (χ0v) is 12.3. The number of nitrogens with zero attached hydrogens (tertiary/aromatic N) is 3. The van der Waals surface area contributed by atoms with Crippen LogP contribution >= 0.6 is 0 Å². The predicted molar refractivity (Wildman–Crippen MR) is 82.2 cm³/mol. The summed E-state index contributed by atoms with van der Waals surface area (Å²) >= 11 is 0. The Bertz CT molecular complexity index is 594. The van der Waals surface area contributed by atoms with Crippen LogP contribution in [0, 0.1) is 0 Å². The molecular weight excluding hydrogens is 268 g/mol. The molecule has 0 saturated carbocycles. The van der Waals surface area contributed by atoms with E-state index in [1.165, 1.54) is 6.33 Å². The zero-order valence-electron chi connectivity index (χ0n) is 12.3. The first-order chi connectivity index (χ1) is 10.1. The third-order valence-electron chi connectivity index (χ3n) is 3.09. The Balaban J connectivity index is 1.92. The molecule has 0 fully saturated rings. The van der Waals surface area contributed by atoms with Gasteiger partial charge in [0.25, 0.3) is 5.91 Å². The predicted octanol–water partition coefficient (Wildman–Crippen LogP) is 0.815. The molecule has 1 amide bonds. The van der Waals surface area contributed by atoms with Gasteiger partial charge in [0, 0.05) is 38.4 Å². The van der Waals surface area contributed by atoms with E-state index in [0.29, 0.717) is 17.8 Å². The lowest BCUT2D eigenvalue weighted by Gasteiger charge is -2.17. The molecule has 0 unspecified atom stereocenters. The first-order valence-electron chi connectivity index (χ1n) is 6.77. The highest BCUT2D eigenvalue weighted by molar-refractivity contribution is 6.00. The molecule has 0 atom stereocenters. The van der Waals surface area contributed by atoms with Gasteiger partial charge in [-0.3, -0.25) is 9.89 Å². The van der Waals surface area contributed by atoms with Crippen molar-refractivity contribution in [1.82, 2.24) is 20.5 Å². The van der Waals surface area contributed by atoms with Gasteiger partial charge in [0.2, 0.25) is 0 Å². The number of benzene rings is 1. The van der Waals surface area contributed by atoms with E-state index < -0.39 is 0 Å². The maximum atomic E-state index is 12.3. The van der Waals surface area contributed by atoms with Crippen LogP contribution in [-0.4, -0.2) is 41.7 Å². The van der Waals surface area contributed by atoms with Crippen LogP contribution in [0.1, 0.15) is 22.6 Å². The van der Waals surface area contributed by atoms with E-state index in [-0.39, 0.29) is 5.91 Å². The standard InChI is InChI=1S/C14H20N6O/c1-20(2)12-6-5-10(15)8-11(12)14(21)16-7-3-4-13-17-9-18-19-13/h5-6,8-9H,3-4,7,15H2,1-2H3,(H,16,21)(H,17,18,19). The minimum Gasteiger partial charge on any atom is -0.399 e. The number of aromatic nitrogens is 3. The van der Waals surface area contributed by atoms with Gasteiger partial charge in [-0.1, -0.05) is 0 Å². The fraction of sp³-hybridized carbons (Fsp3) is 0.357. The summed E-state index contributed by atoms with van der Waals surface area (Å²) in [5.41, 5.74) is 7.77. The number of aromatic amines is 1. The van der Waals surface area contributed by atoms with Crippen LogP contribution in [0.15, 0.2) is 24.5 Å². The molecule has 7 heteroatoms. The Labute approximate surface area is 123 Å². The fourth-order valence-electron chi connectivity index (χ4n) is 2.03. The second-order valence-electron chi connectivity index (χ2n) is 4.96. The summed E-state index contributed by atoms with van der Waals surface area (Å²) in [6.45, 7) is 0.571. The first kappa shape index (κ1) is 14.8. The van der Waals surface area contributed by atoms with Crippen LogP contribution in [0.25, 0.3) is 0 Å². The van der Waals surface area contributed by atoms with E-state index in [2.05, 4.69) is 20.5 Å². The molecule has 0 spiro atoms. The number of carbonyl (C=O) groups is 1. The van der Waals surface area contributed by atoms with Crippen LogP contribution in [0.4, 0.5) is 11.4 Å². The van der Waals surface area contributed by atoms with E-state index in [0.717, 1.165) is 24.4 Å². The maximum Gasteiger partial charge on any atom is 0.253 e. The smallest absolute Gasteiger partial charge is 0.253 e. The molecule has 2 aromatic rings. The minimum atomic E-state index is -0.122. The van der Waals surface area contributed by atoms with Crippen LogP contribution in [0.2, 0.25) is 0 Å². The summed E-state index contributed by atoms with van der Waals surface area (Å²) in [6.07, 6.45) is 3.02. The van der Waals surface area contributed by atoms with Gasteiger partial charge >= 0.3 is 0 Å². The maximum absolute atomic E-state index is 12.3. The van der Waals surface area contributed by atoms with E-state index in [9.17, 15) is 4.79 Å². The van der Waals surface area contributed by atoms with Crippen LogP contribution < -0.4 is 16.0 Å². The summed E-state index contributed by atoms with van der Waals surface area (Å²) in [5, 5.41) is 9.47. The normalized spacial score (nSPS) is 10.4. The summed E-state index contributed by atoms with van der Waals surface area (Å²) in [5.74, 6) is 0.700. The van der Waals surface area contributed by atoms with Gasteiger partial charge in [0.1, 0.15) is 12.2 Å². The van der Waals surface area contributed by atoms with E-state index in [4.69, 9.17) is 5.73 Å². The van der Waals surface area contributed by atoms with Crippen LogP contribution in [0.3, 0.4) is 0 Å². The number of rotatable bonds is 6. The number of amides is 1. The number of nitrogens with one attached hydrogen (secondary N) is 2. The number of nitrogens with two attached hydrogens (primary N) is 1.